The van der Waals surface area contributed by atoms with Gasteiger partial charge in [-0.25, -0.2) is 4.85 Å². The van der Waals surface area contributed by atoms with Crippen LogP contribution in [-0.2, 0) is 0 Å². The lowest BCUT2D eigenvalue weighted by molar-refractivity contribution is 1.12. The van der Waals surface area contributed by atoms with Gasteiger partial charge < -0.3 is 9.13 Å². The molecule has 12 rings (SSSR count). The number of aromatic nitrogens is 4. The molecule has 0 aliphatic carbocycles. The van der Waals surface area contributed by atoms with E-state index in [1.54, 1.807) is 0 Å². The molecule has 0 saturated carbocycles. The van der Waals surface area contributed by atoms with Gasteiger partial charge in [-0.3, -0.25) is 9.97 Å². The summed E-state index contributed by atoms with van der Waals surface area (Å²) < 4.78 is 4.47. The number of nitriles is 1. The molecule has 12 aromatic rings. The van der Waals surface area contributed by atoms with Crippen LogP contribution < -0.4 is 0 Å². The highest BCUT2D eigenvalue weighted by molar-refractivity contribution is 6.12. The van der Waals surface area contributed by atoms with Crippen LogP contribution in [0.3, 0.4) is 0 Å². The number of hydrogen-bond acceptors (Lipinski definition) is 3. The highest BCUT2D eigenvalue weighted by atomic mass is 15.0. The van der Waals surface area contributed by atoms with Crippen LogP contribution in [0.25, 0.3) is 116 Å². The molecular weight excluding hydrogens is 805 g/mol. The summed E-state index contributed by atoms with van der Waals surface area (Å²) in [7, 11) is 0. The Bertz CT molecular complexity index is 3740. The van der Waals surface area contributed by atoms with E-state index in [-0.39, 0.29) is 0 Å². The highest BCUT2D eigenvalue weighted by Gasteiger charge is 2.23. The zero-order chi connectivity index (χ0) is 44.1. The van der Waals surface area contributed by atoms with E-state index in [9.17, 15) is 5.26 Å². The first-order chi connectivity index (χ1) is 32.6. The third kappa shape index (κ3) is 6.41. The van der Waals surface area contributed by atoms with Crippen molar-refractivity contribution in [1.82, 2.24) is 19.1 Å². The summed E-state index contributed by atoms with van der Waals surface area (Å²) in [6.45, 7) is 7.88. The molecule has 66 heavy (non-hydrogen) atoms. The maximum Gasteiger partial charge on any atom is 0.187 e. The van der Waals surface area contributed by atoms with Gasteiger partial charge in [0, 0.05) is 45.1 Å². The predicted octanol–water partition coefficient (Wildman–Crippen LogP) is 15.4. The Balaban J connectivity index is 1.09. The lowest BCUT2D eigenvalue weighted by Crippen LogP contribution is -2.05. The van der Waals surface area contributed by atoms with Gasteiger partial charge in [-0.15, -0.1) is 0 Å². The van der Waals surface area contributed by atoms with Crippen molar-refractivity contribution in [2.45, 2.75) is 0 Å². The van der Waals surface area contributed by atoms with Crippen molar-refractivity contribution in [1.29, 1.82) is 5.26 Å². The van der Waals surface area contributed by atoms with Gasteiger partial charge >= 0.3 is 0 Å². The molecule has 0 unspecified atom stereocenters. The van der Waals surface area contributed by atoms with E-state index in [1.807, 2.05) is 73.1 Å². The molecule has 0 saturated heterocycles. The number of fused-ring (bicyclic) bond motifs is 6. The average molecular weight is 841 g/mol. The average Bonchev–Trinajstić information content (AvgIpc) is 3.91. The minimum Gasteiger partial charge on any atom is -0.308 e. The van der Waals surface area contributed by atoms with Crippen molar-refractivity contribution in [2.75, 3.05) is 0 Å². The first-order valence-corrected chi connectivity index (χ1v) is 21.8. The quantitative estimate of drug-likeness (QED) is 0.150. The standard InChI is InChI=1S/C60H36N6/c1-62-47-18-12-17-41(31-47)46-36-59(65-55-21-10-8-19-48(55)50-32-42(23-25-57(50)65)44-27-29-63-53(34-44)39-13-4-2-5-14-39)52(38-61)60(37-46)66-56-22-11-9-20-49(56)51-33-43(24-26-58(51)66)45-28-30-64-54(35-45)40-15-6-3-7-16-40/h2-37H. The number of pyridine rings is 2. The Morgan fingerprint density at radius 2 is 0.818 bits per heavy atom. The first kappa shape index (κ1) is 38.3. The fraction of sp³-hybridized carbons (Fsp3) is 0. The van der Waals surface area contributed by atoms with E-state index in [1.165, 1.54) is 0 Å². The van der Waals surface area contributed by atoms with Crippen LogP contribution in [-0.4, -0.2) is 19.1 Å². The zero-order valence-corrected chi connectivity index (χ0v) is 35.5. The number of nitrogens with zero attached hydrogens (tertiary/aromatic N) is 6. The van der Waals surface area contributed by atoms with Gasteiger partial charge in [0.05, 0.1) is 51.4 Å². The number of para-hydroxylation sites is 2. The lowest BCUT2D eigenvalue weighted by Gasteiger charge is -2.18. The highest BCUT2D eigenvalue weighted by Crippen LogP contribution is 2.42. The second kappa shape index (κ2) is 15.8. The fourth-order valence-electron chi connectivity index (χ4n) is 9.58. The molecule has 0 radical (unpaired) electrons. The Hall–Kier alpha value is -9.36. The van der Waals surface area contributed by atoms with Crippen LogP contribution >= 0.6 is 0 Å². The molecule has 0 amide bonds. The molecule has 0 bridgehead atoms. The Morgan fingerprint density at radius 1 is 0.379 bits per heavy atom. The number of benzene rings is 8. The number of hydrogen-bond donors (Lipinski definition) is 0. The molecule has 306 valence electrons. The van der Waals surface area contributed by atoms with Crippen molar-refractivity contribution in [3.8, 4) is 73.3 Å². The van der Waals surface area contributed by atoms with E-state index in [0.717, 1.165) is 111 Å². The Kier molecular flexibility index (Phi) is 9.16. The van der Waals surface area contributed by atoms with Gasteiger partial charge in [0.15, 0.2) is 5.69 Å². The van der Waals surface area contributed by atoms with Gasteiger partial charge in [0.25, 0.3) is 0 Å². The first-order valence-electron chi connectivity index (χ1n) is 21.8. The summed E-state index contributed by atoms with van der Waals surface area (Å²) in [4.78, 5) is 13.2. The summed E-state index contributed by atoms with van der Waals surface area (Å²) in [6.07, 6.45) is 3.74. The minimum absolute atomic E-state index is 0.529. The van der Waals surface area contributed by atoms with Gasteiger partial charge in [-0.2, -0.15) is 5.26 Å². The van der Waals surface area contributed by atoms with Crippen LogP contribution in [0, 0.1) is 17.9 Å². The molecule has 0 atom stereocenters. The maximum absolute atomic E-state index is 11.5. The molecule has 6 heteroatoms. The van der Waals surface area contributed by atoms with Crippen molar-refractivity contribution in [2.24, 2.45) is 0 Å². The normalized spacial score (nSPS) is 11.3. The summed E-state index contributed by atoms with van der Waals surface area (Å²) in [5.74, 6) is 0. The summed E-state index contributed by atoms with van der Waals surface area (Å²) in [5.41, 5.74) is 16.5. The monoisotopic (exact) mass is 840 g/mol. The van der Waals surface area contributed by atoms with Gasteiger partial charge in [0.1, 0.15) is 11.6 Å². The van der Waals surface area contributed by atoms with Crippen LogP contribution in [0.15, 0.2) is 219 Å². The molecule has 4 heterocycles. The molecular formula is C60H36N6. The molecule has 0 spiro atoms. The molecule has 4 aromatic heterocycles. The number of rotatable bonds is 7. The topological polar surface area (TPSA) is 63.8 Å². The molecule has 0 aliphatic rings. The van der Waals surface area contributed by atoms with Crippen LogP contribution in [0.4, 0.5) is 5.69 Å². The third-order valence-electron chi connectivity index (χ3n) is 12.7. The van der Waals surface area contributed by atoms with E-state index in [0.29, 0.717) is 11.3 Å². The van der Waals surface area contributed by atoms with Crippen molar-refractivity contribution in [3.05, 3.63) is 236 Å². The van der Waals surface area contributed by atoms with Crippen molar-refractivity contribution >= 4 is 49.3 Å². The maximum atomic E-state index is 11.5. The SMILES string of the molecule is [C-]#[N+]c1cccc(-c2cc(-n3c4ccccc4c4cc(-c5ccnc(-c6ccccc6)c5)ccc43)c(C#N)c(-n3c4ccccc4c4cc(-c5ccnc(-c6ccccc6)c5)ccc43)c2)c1. The van der Waals surface area contributed by atoms with Crippen molar-refractivity contribution < 1.29 is 0 Å². The predicted molar refractivity (Wildman–Crippen MR) is 269 cm³/mol. The van der Waals surface area contributed by atoms with E-state index in [2.05, 4.69) is 166 Å². The fourth-order valence-corrected chi connectivity index (χ4v) is 9.58. The van der Waals surface area contributed by atoms with E-state index in [4.69, 9.17) is 16.5 Å². The van der Waals surface area contributed by atoms with Gasteiger partial charge in [-0.05, 0) is 112 Å². The zero-order valence-electron chi connectivity index (χ0n) is 35.5. The summed E-state index contributed by atoms with van der Waals surface area (Å²) in [5, 5.41) is 15.8. The second-order valence-corrected chi connectivity index (χ2v) is 16.4. The van der Waals surface area contributed by atoms with Gasteiger partial charge in [-0.1, -0.05) is 127 Å². The third-order valence-corrected chi connectivity index (χ3v) is 12.7. The lowest BCUT2D eigenvalue weighted by atomic mass is 9.99. The van der Waals surface area contributed by atoms with E-state index < -0.39 is 0 Å². The second-order valence-electron chi connectivity index (χ2n) is 16.4. The smallest absolute Gasteiger partial charge is 0.187 e. The van der Waals surface area contributed by atoms with Crippen LogP contribution in [0.1, 0.15) is 5.56 Å². The van der Waals surface area contributed by atoms with Crippen molar-refractivity contribution in [3.63, 3.8) is 0 Å². The molecule has 8 aromatic carbocycles. The molecule has 0 fully saturated rings. The Labute approximate surface area is 381 Å². The summed E-state index contributed by atoms with van der Waals surface area (Å²) in [6, 6.07) is 73.5. The molecule has 0 N–H and O–H groups in total. The van der Waals surface area contributed by atoms with Crippen LogP contribution in [0.2, 0.25) is 0 Å². The Morgan fingerprint density at radius 3 is 1.32 bits per heavy atom. The van der Waals surface area contributed by atoms with Crippen LogP contribution in [0.5, 0.6) is 0 Å². The molecule has 6 nitrogen and oxygen atoms in total. The van der Waals surface area contributed by atoms with Gasteiger partial charge in [0.2, 0.25) is 0 Å². The van der Waals surface area contributed by atoms with E-state index >= 15 is 0 Å². The summed E-state index contributed by atoms with van der Waals surface area (Å²) >= 11 is 0. The minimum atomic E-state index is 0.529. The largest absolute Gasteiger partial charge is 0.308 e. The molecule has 0 aliphatic heterocycles.